The van der Waals surface area contributed by atoms with Gasteiger partial charge in [0.05, 0.1) is 0 Å². The van der Waals surface area contributed by atoms with Gasteiger partial charge in [-0.25, -0.2) is 0 Å². The molecule has 0 aromatic heterocycles. The first-order valence-corrected chi connectivity index (χ1v) is 6.64. The van der Waals surface area contributed by atoms with Crippen LogP contribution in [0.15, 0.2) is 0 Å². The number of halogens is 1. The maximum atomic E-state index is 6.70. The van der Waals surface area contributed by atoms with Crippen molar-refractivity contribution in [2.24, 2.45) is 29.6 Å². The van der Waals surface area contributed by atoms with E-state index in [1.165, 1.54) is 32.1 Å². The van der Waals surface area contributed by atoms with Crippen molar-refractivity contribution < 1.29 is 0 Å². The second kappa shape index (κ2) is 2.90. The first-order chi connectivity index (χ1) is 6.57. The van der Waals surface area contributed by atoms with E-state index in [2.05, 4.69) is 13.8 Å². The molecule has 4 aliphatic carbocycles. The Labute approximate surface area is 92.4 Å². The van der Waals surface area contributed by atoms with Gasteiger partial charge in [-0.3, -0.25) is 0 Å². The third kappa shape index (κ3) is 1.26. The maximum absolute atomic E-state index is 6.70. The molecule has 0 aromatic carbocycles. The second-order valence-corrected chi connectivity index (χ2v) is 7.24. The minimum absolute atomic E-state index is 0.238. The first kappa shape index (κ1) is 9.51. The Morgan fingerprint density at radius 2 is 1.64 bits per heavy atom. The number of alkyl halides is 1. The highest BCUT2D eigenvalue weighted by Crippen LogP contribution is 2.61. The van der Waals surface area contributed by atoms with Gasteiger partial charge in [0.25, 0.3) is 0 Å². The average molecular weight is 213 g/mol. The van der Waals surface area contributed by atoms with E-state index in [0.717, 1.165) is 29.6 Å². The van der Waals surface area contributed by atoms with Crippen molar-refractivity contribution in [1.82, 2.24) is 0 Å². The van der Waals surface area contributed by atoms with Gasteiger partial charge in [-0.15, -0.1) is 11.6 Å². The number of hydrogen-bond acceptors (Lipinski definition) is 0. The molecule has 4 fully saturated rings. The van der Waals surface area contributed by atoms with Crippen molar-refractivity contribution in [3.63, 3.8) is 0 Å². The van der Waals surface area contributed by atoms with Gasteiger partial charge >= 0.3 is 0 Å². The third-order valence-electron chi connectivity index (χ3n) is 5.04. The summed E-state index contributed by atoms with van der Waals surface area (Å²) in [6.45, 7) is 4.82. The largest absolute Gasteiger partial charge is 0.119 e. The Bertz CT molecular complexity index is 230. The summed E-state index contributed by atoms with van der Waals surface area (Å²) in [6.07, 6.45) is 6.96. The minimum atomic E-state index is 0.238. The van der Waals surface area contributed by atoms with E-state index < -0.39 is 0 Å². The molecule has 0 N–H and O–H groups in total. The summed E-state index contributed by atoms with van der Waals surface area (Å²) in [7, 11) is 0. The van der Waals surface area contributed by atoms with Crippen LogP contribution in [0.25, 0.3) is 0 Å². The summed E-state index contributed by atoms with van der Waals surface area (Å²) in [4.78, 5) is 0.238. The lowest BCUT2D eigenvalue weighted by molar-refractivity contribution is -0.0438. The number of hydrogen-bond donors (Lipinski definition) is 0. The van der Waals surface area contributed by atoms with E-state index in [9.17, 15) is 0 Å². The lowest BCUT2D eigenvalue weighted by atomic mass is 9.49. The van der Waals surface area contributed by atoms with E-state index in [4.69, 9.17) is 11.6 Å². The Morgan fingerprint density at radius 1 is 1.07 bits per heavy atom. The predicted molar refractivity (Wildman–Crippen MR) is 60.5 cm³/mol. The molecule has 2 unspecified atom stereocenters. The smallest absolute Gasteiger partial charge is 0.0455 e. The van der Waals surface area contributed by atoms with Crippen molar-refractivity contribution in [3.05, 3.63) is 0 Å². The molecule has 0 aromatic rings. The van der Waals surface area contributed by atoms with Gasteiger partial charge in [-0.1, -0.05) is 13.8 Å². The molecule has 0 saturated heterocycles. The zero-order valence-corrected chi connectivity index (χ0v) is 10.1. The molecule has 0 nitrogen and oxygen atoms in total. The fraction of sp³-hybridized carbons (Fsp3) is 1.00. The standard InChI is InChI=1S/C13H21Cl/c1-8(2)12-10-3-9-4-11(12)7-13(14,5-9)6-10/h8-12H,3-7H2,1-2H3/t9?,10?,11?,12-,13-. The van der Waals surface area contributed by atoms with Crippen molar-refractivity contribution >= 4 is 11.6 Å². The molecule has 0 heterocycles. The van der Waals surface area contributed by atoms with Crippen LogP contribution in [0.5, 0.6) is 0 Å². The van der Waals surface area contributed by atoms with E-state index in [-0.39, 0.29) is 4.87 Å². The molecule has 4 aliphatic rings. The Hall–Kier alpha value is 0.290. The average Bonchev–Trinajstić information content (AvgIpc) is 1.97. The van der Waals surface area contributed by atoms with Crippen LogP contribution in [-0.4, -0.2) is 4.87 Å². The van der Waals surface area contributed by atoms with Crippen LogP contribution < -0.4 is 0 Å². The molecule has 0 amide bonds. The molecule has 0 aliphatic heterocycles. The van der Waals surface area contributed by atoms with Gasteiger partial charge in [-0.05, 0) is 61.7 Å². The predicted octanol–water partition coefficient (Wildman–Crippen LogP) is 4.08. The fourth-order valence-corrected chi connectivity index (χ4v) is 5.67. The van der Waals surface area contributed by atoms with Crippen molar-refractivity contribution in [2.75, 3.05) is 0 Å². The third-order valence-corrected chi connectivity index (χ3v) is 5.50. The lowest BCUT2D eigenvalue weighted by Gasteiger charge is -2.59. The molecule has 2 atom stereocenters. The monoisotopic (exact) mass is 212 g/mol. The van der Waals surface area contributed by atoms with Crippen LogP contribution >= 0.6 is 11.6 Å². The summed E-state index contributed by atoms with van der Waals surface area (Å²) in [5, 5.41) is 0. The quantitative estimate of drug-likeness (QED) is 0.575. The molecular weight excluding hydrogens is 192 g/mol. The molecule has 4 saturated carbocycles. The Balaban J connectivity index is 1.89. The van der Waals surface area contributed by atoms with E-state index in [1.54, 1.807) is 0 Å². The molecule has 14 heavy (non-hydrogen) atoms. The summed E-state index contributed by atoms with van der Waals surface area (Å²) >= 11 is 6.70. The fourth-order valence-electron chi connectivity index (χ4n) is 5.05. The normalized spacial score (nSPS) is 55.7. The molecule has 1 heteroatoms. The van der Waals surface area contributed by atoms with Crippen LogP contribution in [0.2, 0.25) is 0 Å². The zero-order valence-electron chi connectivity index (χ0n) is 9.30. The molecule has 0 radical (unpaired) electrons. The van der Waals surface area contributed by atoms with Gasteiger partial charge in [0.2, 0.25) is 0 Å². The molecular formula is C13H21Cl. The Morgan fingerprint density at radius 3 is 2.07 bits per heavy atom. The van der Waals surface area contributed by atoms with E-state index >= 15 is 0 Å². The van der Waals surface area contributed by atoms with Crippen LogP contribution in [-0.2, 0) is 0 Å². The maximum Gasteiger partial charge on any atom is 0.0455 e. The molecule has 4 bridgehead atoms. The van der Waals surface area contributed by atoms with Crippen LogP contribution in [0.3, 0.4) is 0 Å². The van der Waals surface area contributed by atoms with E-state index in [1.807, 2.05) is 0 Å². The van der Waals surface area contributed by atoms with Crippen molar-refractivity contribution in [1.29, 1.82) is 0 Å². The van der Waals surface area contributed by atoms with Gasteiger partial charge in [-0.2, -0.15) is 0 Å². The summed E-state index contributed by atoms with van der Waals surface area (Å²) in [5.41, 5.74) is 0. The van der Waals surface area contributed by atoms with Crippen LogP contribution in [0.4, 0.5) is 0 Å². The van der Waals surface area contributed by atoms with Crippen LogP contribution in [0, 0.1) is 29.6 Å². The van der Waals surface area contributed by atoms with Crippen molar-refractivity contribution in [3.8, 4) is 0 Å². The summed E-state index contributed by atoms with van der Waals surface area (Å²) < 4.78 is 0. The SMILES string of the molecule is CC(C)[C@H]1C2CC3CC1C[C@](Cl)(C3)C2. The number of rotatable bonds is 1. The van der Waals surface area contributed by atoms with Crippen molar-refractivity contribution in [2.45, 2.75) is 50.8 Å². The highest BCUT2D eigenvalue weighted by molar-refractivity contribution is 6.24. The topological polar surface area (TPSA) is 0 Å². The summed E-state index contributed by atoms with van der Waals surface area (Å²) in [6, 6.07) is 0. The second-order valence-electron chi connectivity index (χ2n) is 6.44. The van der Waals surface area contributed by atoms with Gasteiger partial charge < -0.3 is 0 Å². The van der Waals surface area contributed by atoms with Gasteiger partial charge in [0.15, 0.2) is 0 Å². The van der Waals surface area contributed by atoms with Gasteiger partial charge in [0, 0.05) is 4.87 Å². The molecule has 4 rings (SSSR count). The Kier molecular flexibility index (Phi) is 1.97. The zero-order chi connectivity index (χ0) is 9.92. The highest BCUT2D eigenvalue weighted by Gasteiger charge is 2.54. The summed E-state index contributed by atoms with van der Waals surface area (Å²) in [5.74, 6) is 4.81. The first-order valence-electron chi connectivity index (χ1n) is 6.26. The minimum Gasteiger partial charge on any atom is -0.119 e. The molecule has 80 valence electrons. The highest BCUT2D eigenvalue weighted by atomic mass is 35.5. The molecule has 0 spiro atoms. The lowest BCUT2D eigenvalue weighted by Crippen LogP contribution is -2.53. The van der Waals surface area contributed by atoms with E-state index in [0.29, 0.717) is 0 Å². The van der Waals surface area contributed by atoms with Crippen LogP contribution in [0.1, 0.15) is 46.0 Å². The van der Waals surface area contributed by atoms with Gasteiger partial charge in [0.1, 0.15) is 0 Å².